The maximum Gasteiger partial charge on any atom is 0.220 e. The molecule has 0 radical (unpaired) electrons. The van der Waals surface area contributed by atoms with Crippen LogP contribution in [0.3, 0.4) is 0 Å². The SMILES string of the molecule is CC/C=C\C/C=C\C/C=C\C/C=C\CCCCCCCCCCCCCCCCCCCCCCCCCCC(=O)NC(COC1OC(CO)C(OC2OC(CO)C(OC3OC(CO)C(O)C(O)C3O)C(O)C2O)C(O)C1O)C(O)/C=C/CCCCCCCCCCCCCCCCCC. The van der Waals surface area contributed by atoms with Crippen LogP contribution in [0.4, 0.5) is 0 Å². The monoisotopic (exact) mass is 1420 g/mol. The molecular formula is C81H147NO18. The number of carbonyl (C=O) groups excluding carboxylic acids is 1. The Morgan fingerprint density at radius 1 is 0.370 bits per heavy atom. The molecule has 19 heteroatoms. The molecule has 3 aliphatic heterocycles. The Labute approximate surface area is 605 Å². The van der Waals surface area contributed by atoms with Crippen molar-refractivity contribution in [1.29, 1.82) is 0 Å². The number of amides is 1. The van der Waals surface area contributed by atoms with E-state index in [1.807, 2.05) is 6.08 Å². The van der Waals surface area contributed by atoms with Gasteiger partial charge in [-0.3, -0.25) is 4.79 Å². The average molecular weight is 1420 g/mol. The fraction of sp³-hybridized carbons (Fsp3) is 0.864. The number of aliphatic hydroxyl groups excluding tert-OH is 11. The number of hydrogen-bond acceptors (Lipinski definition) is 18. The van der Waals surface area contributed by atoms with Crippen molar-refractivity contribution in [1.82, 2.24) is 5.32 Å². The maximum atomic E-state index is 13.5. The predicted molar refractivity (Wildman–Crippen MR) is 397 cm³/mol. The molecule has 3 rings (SSSR count). The fourth-order valence-electron chi connectivity index (χ4n) is 13.6. The van der Waals surface area contributed by atoms with E-state index in [0.717, 1.165) is 70.6 Å². The summed E-state index contributed by atoms with van der Waals surface area (Å²) in [5, 5.41) is 121. The van der Waals surface area contributed by atoms with Gasteiger partial charge in [-0.2, -0.15) is 0 Å². The third kappa shape index (κ3) is 41.4. The first-order valence-electron chi connectivity index (χ1n) is 40.5. The number of ether oxygens (including phenoxy) is 6. The summed E-state index contributed by atoms with van der Waals surface area (Å²) in [6.07, 6.45) is 52.2. The number of nitrogens with one attached hydrogen (secondary N) is 1. The molecule has 0 saturated carbocycles. The van der Waals surface area contributed by atoms with E-state index in [4.69, 9.17) is 28.4 Å². The average Bonchev–Trinajstić information content (AvgIpc) is 0.783. The summed E-state index contributed by atoms with van der Waals surface area (Å²) < 4.78 is 34.4. The smallest absolute Gasteiger partial charge is 0.220 e. The Balaban J connectivity index is 1.32. The van der Waals surface area contributed by atoms with Crippen LogP contribution in [-0.2, 0) is 33.2 Å². The topological polar surface area (TPSA) is 307 Å². The van der Waals surface area contributed by atoms with Crippen LogP contribution in [0.25, 0.3) is 0 Å². The van der Waals surface area contributed by atoms with E-state index in [2.05, 4.69) is 67.8 Å². The lowest BCUT2D eigenvalue weighted by atomic mass is 9.96. The van der Waals surface area contributed by atoms with Crippen LogP contribution in [0.15, 0.2) is 60.8 Å². The maximum absolute atomic E-state index is 13.5. The van der Waals surface area contributed by atoms with E-state index in [9.17, 15) is 61.0 Å². The third-order valence-electron chi connectivity index (χ3n) is 20.1. The van der Waals surface area contributed by atoms with Crippen LogP contribution in [-0.4, -0.2) is 193 Å². The van der Waals surface area contributed by atoms with Gasteiger partial charge >= 0.3 is 0 Å². The highest BCUT2D eigenvalue weighted by Crippen LogP contribution is 2.33. The number of unbranched alkanes of at least 4 members (excludes halogenated alkanes) is 40. The molecule has 0 aromatic heterocycles. The third-order valence-corrected chi connectivity index (χ3v) is 20.1. The molecule has 17 unspecified atom stereocenters. The summed E-state index contributed by atoms with van der Waals surface area (Å²) >= 11 is 0. The molecule has 0 bridgehead atoms. The van der Waals surface area contributed by atoms with Crippen molar-refractivity contribution in [3.63, 3.8) is 0 Å². The van der Waals surface area contributed by atoms with Crippen molar-refractivity contribution in [3.8, 4) is 0 Å². The molecule has 3 aliphatic rings. The first kappa shape index (κ1) is 91.7. The summed E-state index contributed by atoms with van der Waals surface area (Å²) in [5.41, 5.74) is 0. The number of rotatable bonds is 64. The second-order valence-electron chi connectivity index (χ2n) is 28.9. The van der Waals surface area contributed by atoms with Crippen molar-refractivity contribution >= 4 is 5.91 Å². The molecule has 17 atom stereocenters. The Morgan fingerprint density at radius 3 is 1.08 bits per heavy atom. The van der Waals surface area contributed by atoms with Gasteiger partial charge in [-0.25, -0.2) is 0 Å². The lowest BCUT2D eigenvalue weighted by molar-refractivity contribution is -0.379. The Morgan fingerprint density at radius 2 is 0.690 bits per heavy atom. The molecule has 0 spiro atoms. The largest absolute Gasteiger partial charge is 0.394 e. The van der Waals surface area contributed by atoms with Crippen molar-refractivity contribution < 1.29 is 89.4 Å². The van der Waals surface area contributed by atoms with Crippen LogP contribution < -0.4 is 5.32 Å². The van der Waals surface area contributed by atoms with Gasteiger partial charge in [-0.15, -0.1) is 0 Å². The highest BCUT2D eigenvalue weighted by molar-refractivity contribution is 5.76. The minimum absolute atomic E-state index is 0.246. The zero-order valence-electron chi connectivity index (χ0n) is 62.4. The molecule has 3 saturated heterocycles. The lowest BCUT2D eigenvalue weighted by Crippen LogP contribution is -2.66. The van der Waals surface area contributed by atoms with Crippen molar-refractivity contribution in [2.75, 3.05) is 26.4 Å². The number of allylic oxidation sites excluding steroid dienone is 9. The van der Waals surface area contributed by atoms with Crippen LogP contribution in [0.2, 0.25) is 0 Å². The van der Waals surface area contributed by atoms with Gasteiger partial charge < -0.3 is 89.9 Å². The summed E-state index contributed by atoms with van der Waals surface area (Å²) in [6, 6.07) is -0.973. The highest BCUT2D eigenvalue weighted by atomic mass is 16.8. The van der Waals surface area contributed by atoms with E-state index < -0.39 is 124 Å². The Hall–Kier alpha value is -2.51. The summed E-state index contributed by atoms with van der Waals surface area (Å²) in [7, 11) is 0. The second kappa shape index (κ2) is 61.6. The standard InChI is InChI=1S/C81H147NO18/c1-3-5-7-9-11-13-15-17-19-21-23-24-25-26-27-28-29-30-31-32-33-34-35-36-37-38-39-40-41-43-45-47-49-51-53-55-57-59-69(87)82-64(65(86)58-56-54-52-50-48-46-44-42-22-20-18-16-14-12-10-8-6-4-2)63-95-79-75(93)72(90)77(67(61-84)97-79)100-81-76(94)73(91)78(68(62-85)98-81)99-80-74(92)71(89)70(88)66(60-83)96-80/h5,7,11,13,17,19,23-24,56,58,64-68,70-81,83-86,88-94H,3-4,6,8-10,12,14-16,18,20-22,25-55,57,59-63H2,1-2H3,(H,82,87)/b7-5-,13-11-,19-17-,24-23-,58-56+. The van der Waals surface area contributed by atoms with E-state index in [1.54, 1.807) is 6.08 Å². The molecule has 3 fully saturated rings. The van der Waals surface area contributed by atoms with Crippen LogP contribution in [0.5, 0.6) is 0 Å². The highest BCUT2D eigenvalue weighted by Gasteiger charge is 2.54. The quantitative estimate of drug-likeness (QED) is 0.0199. The number of aliphatic hydroxyl groups is 11. The molecule has 100 heavy (non-hydrogen) atoms. The molecule has 12 N–H and O–H groups in total. The molecular weight excluding hydrogens is 1270 g/mol. The molecule has 0 aromatic carbocycles. The van der Waals surface area contributed by atoms with Gasteiger partial charge in [0.05, 0.1) is 38.6 Å². The van der Waals surface area contributed by atoms with Gasteiger partial charge in [-0.05, 0) is 57.8 Å². The van der Waals surface area contributed by atoms with Crippen molar-refractivity contribution in [3.05, 3.63) is 60.8 Å². The predicted octanol–water partition coefficient (Wildman–Crippen LogP) is 13.5. The molecule has 3 heterocycles. The lowest BCUT2D eigenvalue weighted by Gasteiger charge is -2.48. The van der Waals surface area contributed by atoms with Gasteiger partial charge in [0.15, 0.2) is 18.9 Å². The van der Waals surface area contributed by atoms with Gasteiger partial charge in [0.2, 0.25) is 5.91 Å². The van der Waals surface area contributed by atoms with Crippen LogP contribution in [0, 0.1) is 0 Å². The summed E-state index contributed by atoms with van der Waals surface area (Å²) in [4.78, 5) is 13.5. The zero-order chi connectivity index (χ0) is 72.5. The van der Waals surface area contributed by atoms with Gasteiger partial charge in [0.25, 0.3) is 0 Å². The van der Waals surface area contributed by atoms with Crippen LogP contribution in [0.1, 0.15) is 316 Å². The molecule has 0 aromatic rings. The first-order chi connectivity index (χ1) is 48.8. The summed E-state index contributed by atoms with van der Waals surface area (Å²) in [5.74, 6) is -0.270. The van der Waals surface area contributed by atoms with E-state index >= 15 is 0 Å². The Kier molecular flexibility index (Phi) is 56.5. The van der Waals surface area contributed by atoms with Crippen molar-refractivity contribution in [2.24, 2.45) is 0 Å². The minimum Gasteiger partial charge on any atom is -0.394 e. The van der Waals surface area contributed by atoms with Gasteiger partial charge in [0, 0.05) is 6.42 Å². The fourth-order valence-corrected chi connectivity index (χ4v) is 13.6. The van der Waals surface area contributed by atoms with Crippen molar-refractivity contribution in [2.45, 2.75) is 420 Å². The van der Waals surface area contributed by atoms with E-state index in [-0.39, 0.29) is 18.9 Å². The molecule has 19 nitrogen and oxygen atoms in total. The minimum atomic E-state index is -1.98. The van der Waals surface area contributed by atoms with Crippen LogP contribution >= 0.6 is 0 Å². The summed E-state index contributed by atoms with van der Waals surface area (Å²) in [6.45, 7) is 1.66. The first-order valence-corrected chi connectivity index (χ1v) is 40.5. The number of hydrogen-bond donors (Lipinski definition) is 12. The van der Waals surface area contributed by atoms with E-state index in [0.29, 0.717) is 6.42 Å². The second-order valence-corrected chi connectivity index (χ2v) is 28.9. The normalized spacial score (nSPS) is 26.8. The van der Waals surface area contributed by atoms with E-state index in [1.165, 1.54) is 218 Å². The van der Waals surface area contributed by atoms with Gasteiger partial charge in [0.1, 0.15) is 73.2 Å². The number of carbonyl (C=O) groups is 1. The van der Waals surface area contributed by atoms with Gasteiger partial charge in [-0.1, -0.05) is 312 Å². The Bertz CT molecular complexity index is 2040. The molecule has 584 valence electrons. The zero-order valence-corrected chi connectivity index (χ0v) is 62.4. The molecule has 1 amide bonds. The molecule has 0 aliphatic carbocycles.